The number of imidazole rings is 1. The van der Waals surface area contributed by atoms with Crippen molar-refractivity contribution >= 4 is 11.8 Å². The van der Waals surface area contributed by atoms with Gasteiger partial charge >= 0.3 is 0 Å². The number of hydrogen-bond donors (Lipinski definition) is 1. The van der Waals surface area contributed by atoms with Gasteiger partial charge in [0.2, 0.25) is 0 Å². The standard InChI is InChI=1S/C7H8N2S/c1-5-8-6-2-3-10-4-7(6)9-5/h1H,2-4H2,(H,8,9). The molecule has 1 aliphatic rings. The third-order valence-electron chi connectivity index (χ3n) is 1.61. The van der Waals surface area contributed by atoms with Crippen molar-refractivity contribution in [3.8, 4) is 0 Å². The van der Waals surface area contributed by atoms with E-state index in [9.17, 15) is 0 Å². The maximum atomic E-state index is 5.48. The lowest BCUT2D eigenvalue weighted by atomic mass is 10.3. The number of fused-ring (bicyclic) bond motifs is 1. The molecule has 0 amide bonds. The fourth-order valence-electron chi connectivity index (χ4n) is 1.14. The van der Waals surface area contributed by atoms with Crippen LogP contribution in [0.5, 0.6) is 0 Å². The van der Waals surface area contributed by atoms with Crippen molar-refractivity contribution in [2.24, 2.45) is 0 Å². The second-order valence-electron chi connectivity index (χ2n) is 2.35. The molecule has 0 aliphatic carbocycles. The largest absolute Gasteiger partial charge is 0.345 e. The van der Waals surface area contributed by atoms with Crippen molar-refractivity contribution in [1.82, 2.24) is 9.97 Å². The first-order chi connectivity index (χ1) is 4.86. The zero-order valence-electron chi connectivity index (χ0n) is 5.55. The van der Waals surface area contributed by atoms with Gasteiger partial charge in [0, 0.05) is 24.8 Å². The van der Waals surface area contributed by atoms with Crippen LogP contribution in [0, 0.1) is 6.92 Å². The van der Waals surface area contributed by atoms with Gasteiger partial charge < -0.3 is 4.98 Å². The van der Waals surface area contributed by atoms with E-state index in [4.69, 9.17) is 6.92 Å². The van der Waals surface area contributed by atoms with E-state index in [0.29, 0.717) is 5.82 Å². The van der Waals surface area contributed by atoms with Gasteiger partial charge in [-0.05, 0) is 5.75 Å². The maximum Gasteiger partial charge on any atom is 0.111 e. The highest BCUT2D eigenvalue weighted by Gasteiger charge is 2.12. The number of rotatable bonds is 0. The average molecular weight is 152 g/mol. The molecule has 0 fully saturated rings. The molecule has 0 spiro atoms. The molecule has 0 atom stereocenters. The summed E-state index contributed by atoms with van der Waals surface area (Å²) in [6.07, 6.45) is 1.06. The van der Waals surface area contributed by atoms with Crippen molar-refractivity contribution in [1.29, 1.82) is 0 Å². The van der Waals surface area contributed by atoms with Gasteiger partial charge in [0.1, 0.15) is 5.82 Å². The summed E-state index contributed by atoms with van der Waals surface area (Å²) >= 11 is 1.92. The van der Waals surface area contributed by atoms with Crippen LogP contribution >= 0.6 is 11.8 Å². The van der Waals surface area contributed by atoms with E-state index in [1.165, 1.54) is 11.4 Å². The molecule has 0 saturated carbocycles. The first kappa shape index (κ1) is 6.28. The Hall–Kier alpha value is -0.440. The molecule has 2 heterocycles. The molecule has 1 aliphatic heterocycles. The van der Waals surface area contributed by atoms with Gasteiger partial charge in [0.05, 0.1) is 5.69 Å². The zero-order valence-corrected chi connectivity index (χ0v) is 6.37. The second kappa shape index (κ2) is 2.31. The SMILES string of the molecule is [CH]c1nc2c([nH]1)CSCC2. The smallest absolute Gasteiger partial charge is 0.111 e. The van der Waals surface area contributed by atoms with Gasteiger partial charge in [0.25, 0.3) is 0 Å². The number of aromatic amines is 1. The molecule has 10 heavy (non-hydrogen) atoms. The minimum Gasteiger partial charge on any atom is -0.345 e. The molecule has 2 nitrogen and oxygen atoms in total. The maximum absolute atomic E-state index is 5.48. The van der Waals surface area contributed by atoms with Crippen LogP contribution in [0.25, 0.3) is 0 Å². The quantitative estimate of drug-likeness (QED) is 0.606. The minimum absolute atomic E-state index is 0.563. The molecule has 0 unspecified atom stereocenters. The van der Waals surface area contributed by atoms with Gasteiger partial charge in [-0.2, -0.15) is 11.8 Å². The second-order valence-corrected chi connectivity index (χ2v) is 3.46. The van der Waals surface area contributed by atoms with E-state index in [1.54, 1.807) is 0 Å². The number of nitrogens with one attached hydrogen (secondary N) is 1. The number of aryl methyl sites for hydroxylation is 1. The molecule has 1 aromatic rings. The topological polar surface area (TPSA) is 28.7 Å². The molecule has 0 aromatic carbocycles. The number of hydrogen-bond acceptors (Lipinski definition) is 2. The molecule has 2 radical (unpaired) electrons. The van der Waals surface area contributed by atoms with E-state index in [0.717, 1.165) is 17.9 Å². The molecule has 3 heteroatoms. The van der Waals surface area contributed by atoms with Crippen LogP contribution in [-0.4, -0.2) is 15.7 Å². The first-order valence-corrected chi connectivity index (χ1v) is 4.43. The summed E-state index contributed by atoms with van der Waals surface area (Å²) in [4.78, 5) is 7.20. The summed E-state index contributed by atoms with van der Waals surface area (Å²) in [5.74, 6) is 2.78. The minimum atomic E-state index is 0.563. The van der Waals surface area contributed by atoms with E-state index in [-0.39, 0.29) is 0 Å². The van der Waals surface area contributed by atoms with E-state index >= 15 is 0 Å². The van der Waals surface area contributed by atoms with Gasteiger partial charge in [-0.3, -0.25) is 0 Å². The normalized spacial score (nSPS) is 16.9. The molecule has 0 saturated heterocycles. The molecule has 2 rings (SSSR count). The highest BCUT2D eigenvalue weighted by Crippen LogP contribution is 2.21. The Kier molecular flexibility index (Phi) is 1.45. The molecule has 52 valence electrons. The molecule has 1 N–H and O–H groups in total. The first-order valence-electron chi connectivity index (χ1n) is 3.27. The van der Waals surface area contributed by atoms with Crippen LogP contribution in [-0.2, 0) is 12.2 Å². The monoisotopic (exact) mass is 152 g/mol. The molecular weight excluding hydrogens is 144 g/mol. The van der Waals surface area contributed by atoms with Crippen molar-refractivity contribution in [3.63, 3.8) is 0 Å². The molecule has 1 aromatic heterocycles. The molecule has 0 bridgehead atoms. The van der Waals surface area contributed by atoms with Crippen molar-refractivity contribution in [3.05, 3.63) is 24.1 Å². The van der Waals surface area contributed by atoms with Crippen molar-refractivity contribution in [2.45, 2.75) is 12.2 Å². The third kappa shape index (κ3) is 0.944. The Morgan fingerprint density at radius 2 is 2.50 bits per heavy atom. The van der Waals surface area contributed by atoms with Gasteiger partial charge in [-0.25, -0.2) is 4.98 Å². The average Bonchev–Trinajstić information content (AvgIpc) is 2.27. The van der Waals surface area contributed by atoms with Crippen LogP contribution in [0.3, 0.4) is 0 Å². The Morgan fingerprint density at radius 1 is 1.60 bits per heavy atom. The van der Waals surface area contributed by atoms with Crippen LogP contribution < -0.4 is 0 Å². The van der Waals surface area contributed by atoms with Crippen LogP contribution in [0.15, 0.2) is 0 Å². The number of aromatic nitrogens is 2. The summed E-state index contributed by atoms with van der Waals surface area (Å²) in [7, 11) is 0. The Bertz CT molecular complexity index is 218. The van der Waals surface area contributed by atoms with Crippen molar-refractivity contribution in [2.75, 3.05) is 5.75 Å². The number of thioether (sulfide) groups is 1. The highest BCUT2D eigenvalue weighted by atomic mass is 32.2. The summed E-state index contributed by atoms with van der Waals surface area (Å²) in [6.45, 7) is 5.48. The summed E-state index contributed by atoms with van der Waals surface area (Å²) in [5, 5.41) is 0. The fourth-order valence-corrected chi connectivity index (χ4v) is 2.06. The lowest BCUT2D eigenvalue weighted by molar-refractivity contribution is 1.02. The number of H-pyrrole nitrogens is 1. The predicted molar refractivity (Wildman–Crippen MR) is 41.9 cm³/mol. The Morgan fingerprint density at radius 3 is 3.30 bits per heavy atom. The lowest BCUT2D eigenvalue weighted by Crippen LogP contribution is -2.00. The third-order valence-corrected chi connectivity index (χ3v) is 2.60. The summed E-state index contributed by atoms with van der Waals surface area (Å²) in [5.41, 5.74) is 2.38. The fraction of sp³-hybridized carbons (Fsp3) is 0.429. The summed E-state index contributed by atoms with van der Waals surface area (Å²) in [6, 6.07) is 0. The van der Waals surface area contributed by atoms with Crippen LogP contribution in [0.4, 0.5) is 0 Å². The molecular formula is C7H8N2S. The van der Waals surface area contributed by atoms with Gasteiger partial charge in [0.15, 0.2) is 0 Å². The van der Waals surface area contributed by atoms with Crippen molar-refractivity contribution < 1.29 is 0 Å². The Labute approximate surface area is 64.4 Å². The van der Waals surface area contributed by atoms with Crippen LogP contribution in [0.2, 0.25) is 0 Å². The highest BCUT2D eigenvalue weighted by molar-refractivity contribution is 7.98. The number of nitrogens with zero attached hydrogens (tertiary/aromatic N) is 1. The lowest BCUT2D eigenvalue weighted by Gasteiger charge is -2.07. The van der Waals surface area contributed by atoms with Gasteiger partial charge in [-0.15, -0.1) is 0 Å². The Balaban J connectivity index is 2.41. The summed E-state index contributed by atoms with van der Waals surface area (Å²) < 4.78 is 0. The van der Waals surface area contributed by atoms with Gasteiger partial charge in [-0.1, -0.05) is 0 Å². The van der Waals surface area contributed by atoms with E-state index in [2.05, 4.69) is 9.97 Å². The van der Waals surface area contributed by atoms with Crippen LogP contribution in [0.1, 0.15) is 17.2 Å². The zero-order chi connectivity index (χ0) is 6.97. The van der Waals surface area contributed by atoms with E-state index in [1.807, 2.05) is 11.8 Å². The van der Waals surface area contributed by atoms with E-state index < -0.39 is 0 Å². The predicted octanol–water partition coefficient (Wildman–Crippen LogP) is 1.26.